The average Bonchev–Trinajstić information content (AvgIpc) is 2.84. The van der Waals surface area contributed by atoms with Crippen LogP contribution in [0.25, 0.3) is 22.4 Å². The smallest absolute Gasteiger partial charge is 0.142 e. The fraction of sp³-hybridized carbons (Fsp3) is 0.176. The SMILES string of the molecule is CCn1c(-c2ccc(C)cc2Br)nc2cc(C#N)ccc21. The average molecular weight is 340 g/mol. The Morgan fingerprint density at radius 3 is 2.71 bits per heavy atom. The number of hydrogen-bond donors (Lipinski definition) is 0. The van der Waals surface area contributed by atoms with Gasteiger partial charge in [0.15, 0.2) is 0 Å². The molecule has 21 heavy (non-hydrogen) atoms. The molecule has 0 radical (unpaired) electrons. The molecule has 3 aromatic rings. The van der Waals surface area contributed by atoms with Crippen LogP contribution >= 0.6 is 15.9 Å². The Balaban J connectivity index is 2.29. The van der Waals surface area contributed by atoms with Crippen molar-refractivity contribution in [1.82, 2.24) is 9.55 Å². The Morgan fingerprint density at radius 1 is 1.24 bits per heavy atom. The van der Waals surface area contributed by atoms with Crippen molar-refractivity contribution in [1.29, 1.82) is 5.26 Å². The van der Waals surface area contributed by atoms with E-state index >= 15 is 0 Å². The molecular weight excluding hydrogens is 326 g/mol. The summed E-state index contributed by atoms with van der Waals surface area (Å²) in [5, 5.41) is 9.03. The van der Waals surface area contributed by atoms with Crippen LogP contribution in [0.4, 0.5) is 0 Å². The minimum Gasteiger partial charge on any atom is -0.324 e. The van der Waals surface area contributed by atoms with E-state index in [4.69, 9.17) is 10.2 Å². The molecule has 3 nitrogen and oxygen atoms in total. The van der Waals surface area contributed by atoms with Gasteiger partial charge in [0.2, 0.25) is 0 Å². The second-order valence-corrected chi connectivity index (χ2v) is 5.83. The van der Waals surface area contributed by atoms with Gasteiger partial charge in [0.25, 0.3) is 0 Å². The van der Waals surface area contributed by atoms with E-state index < -0.39 is 0 Å². The first-order chi connectivity index (χ1) is 10.1. The van der Waals surface area contributed by atoms with Crippen molar-refractivity contribution in [3.8, 4) is 17.5 Å². The maximum atomic E-state index is 9.03. The first kappa shape index (κ1) is 13.8. The van der Waals surface area contributed by atoms with Gasteiger partial charge in [-0.1, -0.05) is 22.0 Å². The second-order valence-electron chi connectivity index (χ2n) is 4.98. The molecule has 4 heteroatoms. The van der Waals surface area contributed by atoms with Gasteiger partial charge in [-0.3, -0.25) is 0 Å². The van der Waals surface area contributed by atoms with Gasteiger partial charge in [-0.2, -0.15) is 5.26 Å². The van der Waals surface area contributed by atoms with Crippen LogP contribution in [0, 0.1) is 18.3 Å². The number of aromatic nitrogens is 2. The number of halogens is 1. The Labute approximate surface area is 132 Å². The molecule has 0 fully saturated rings. The lowest BCUT2D eigenvalue weighted by Crippen LogP contribution is -1.98. The minimum absolute atomic E-state index is 0.637. The van der Waals surface area contributed by atoms with Crippen molar-refractivity contribution in [2.45, 2.75) is 20.4 Å². The van der Waals surface area contributed by atoms with E-state index in [1.54, 1.807) is 0 Å². The quantitative estimate of drug-likeness (QED) is 0.680. The van der Waals surface area contributed by atoms with Crippen LogP contribution in [-0.2, 0) is 6.54 Å². The zero-order valence-electron chi connectivity index (χ0n) is 11.9. The van der Waals surface area contributed by atoms with Crippen LogP contribution in [0.5, 0.6) is 0 Å². The van der Waals surface area contributed by atoms with Gasteiger partial charge in [-0.05, 0) is 49.7 Å². The van der Waals surface area contributed by atoms with Crippen LogP contribution < -0.4 is 0 Å². The van der Waals surface area contributed by atoms with Gasteiger partial charge < -0.3 is 4.57 Å². The Bertz CT molecular complexity index is 872. The van der Waals surface area contributed by atoms with E-state index in [2.05, 4.69) is 58.6 Å². The summed E-state index contributed by atoms with van der Waals surface area (Å²) in [4.78, 5) is 4.73. The Morgan fingerprint density at radius 2 is 2.05 bits per heavy atom. The number of rotatable bonds is 2. The van der Waals surface area contributed by atoms with E-state index in [1.165, 1.54) is 5.56 Å². The standard InChI is InChI=1S/C17H14BrN3/c1-3-21-16-7-5-12(10-19)9-15(16)20-17(21)13-6-4-11(2)8-14(13)18/h4-9H,3H2,1-2H3. The minimum atomic E-state index is 0.637. The highest BCUT2D eigenvalue weighted by atomic mass is 79.9. The van der Waals surface area contributed by atoms with Crippen LogP contribution in [-0.4, -0.2) is 9.55 Å². The van der Waals surface area contributed by atoms with Gasteiger partial charge in [-0.25, -0.2) is 4.98 Å². The number of aryl methyl sites for hydroxylation is 2. The van der Waals surface area contributed by atoms with Gasteiger partial charge in [0, 0.05) is 16.6 Å². The lowest BCUT2D eigenvalue weighted by Gasteiger charge is -2.08. The number of fused-ring (bicyclic) bond motifs is 1. The summed E-state index contributed by atoms with van der Waals surface area (Å²) in [5.74, 6) is 0.925. The number of benzene rings is 2. The van der Waals surface area contributed by atoms with E-state index in [0.717, 1.165) is 33.4 Å². The summed E-state index contributed by atoms with van der Waals surface area (Å²) in [6.45, 7) is 5.00. The first-order valence-corrected chi connectivity index (χ1v) is 7.60. The summed E-state index contributed by atoms with van der Waals surface area (Å²) in [7, 11) is 0. The molecule has 0 aliphatic carbocycles. The van der Waals surface area contributed by atoms with Crippen molar-refractivity contribution < 1.29 is 0 Å². The lowest BCUT2D eigenvalue weighted by atomic mass is 10.1. The van der Waals surface area contributed by atoms with Crippen molar-refractivity contribution in [2.75, 3.05) is 0 Å². The van der Waals surface area contributed by atoms with Crippen molar-refractivity contribution in [3.63, 3.8) is 0 Å². The van der Waals surface area contributed by atoms with Crippen LogP contribution in [0.1, 0.15) is 18.1 Å². The fourth-order valence-electron chi connectivity index (χ4n) is 2.53. The Hall–Kier alpha value is -2.12. The monoisotopic (exact) mass is 339 g/mol. The molecule has 0 unspecified atom stereocenters. The maximum Gasteiger partial charge on any atom is 0.142 e. The van der Waals surface area contributed by atoms with Crippen LogP contribution in [0.2, 0.25) is 0 Å². The fourth-order valence-corrected chi connectivity index (χ4v) is 3.20. The molecule has 104 valence electrons. The van der Waals surface area contributed by atoms with Gasteiger partial charge in [-0.15, -0.1) is 0 Å². The molecule has 0 aliphatic rings. The maximum absolute atomic E-state index is 9.03. The summed E-state index contributed by atoms with van der Waals surface area (Å²) >= 11 is 3.63. The highest BCUT2D eigenvalue weighted by molar-refractivity contribution is 9.10. The Kier molecular flexibility index (Phi) is 3.52. The number of imidazole rings is 1. The predicted molar refractivity (Wildman–Crippen MR) is 88.0 cm³/mol. The van der Waals surface area contributed by atoms with E-state index in [1.807, 2.05) is 18.2 Å². The molecule has 0 atom stereocenters. The number of nitrogens with zero attached hydrogens (tertiary/aromatic N) is 3. The summed E-state index contributed by atoms with van der Waals surface area (Å²) in [6, 6.07) is 14.1. The second kappa shape index (κ2) is 5.34. The molecule has 2 aromatic carbocycles. The highest BCUT2D eigenvalue weighted by Crippen LogP contribution is 2.31. The summed E-state index contributed by atoms with van der Waals surface area (Å²) in [6.07, 6.45) is 0. The molecular formula is C17H14BrN3. The highest BCUT2D eigenvalue weighted by Gasteiger charge is 2.14. The molecule has 0 bridgehead atoms. The molecule has 0 amide bonds. The third kappa shape index (κ3) is 2.34. The molecule has 1 heterocycles. The molecule has 0 saturated heterocycles. The molecule has 0 spiro atoms. The third-order valence-corrected chi connectivity index (χ3v) is 4.22. The molecule has 0 N–H and O–H groups in total. The van der Waals surface area contributed by atoms with Crippen molar-refractivity contribution in [3.05, 3.63) is 52.0 Å². The normalized spacial score (nSPS) is 10.8. The third-order valence-electron chi connectivity index (χ3n) is 3.56. The van der Waals surface area contributed by atoms with E-state index in [9.17, 15) is 0 Å². The topological polar surface area (TPSA) is 41.6 Å². The zero-order chi connectivity index (χ0) is 15.0. The van der Waals surface area contributed by atoms with E-state index in [0.29, 0.717) is 5.56 Å². The summed E-state index contributed by atoms with van der Waals surface area (Å²) in [5.41, 5.74) is 4.82. The number of nitriles is 1. The molecule has 0 saturated carbocycles. The first-order valence-electron chi connectivity index (χ1n) is 6.81. The molecule has 0 aliphatic heterocycles. The molecule has 1 aromatic heterocycles. The van der Waals surface area contributed by atoms with Crippen molar-refractivity contribution in [2.24, 2.45) is 0 Å². The van der Waals surface area contributed by atoms with Crippen LogP contribution in [0.15, 0.2) is 40.9 Å². The van der Waals surface area contributed by atoms with Gasteiger partial charge in [0.1, 0.15) is 5.82 Å². The lowest BCUT2D eigenvalue weighted by molar-refractivity contribution is 0.796. The van der Waals surface area contributed by atoms with Gasteiger partial charge in [0.05, 0.1) is 22.7 Å². The predicted octanol–water partition coefficient (Wildman–Crippen LogP) is 4.67. The summed E-state index contributed by atoms with van der Waals surface area (Å²) < 4.78 is 3.21. The van der Waals surface area contributed by atoms with Gasteiger partial charge >= 0.3 is 0 Å². The largest absolute Gasteiger partial charge is 0.324 e. The molecule has 3 rings (SSSR count). The van der Waals surface area contributed by atoms with Crippen molar-refractivity contribution >= 4 is 27.0 Å². The van der Waals surface area contributed by atoms with Crippen LogP contribution in [0.3, 0.4) is 0 Å². The number of hydrogen-bond acceptors (Lipinski definition) is 2. The van der Waals surface area contributed by atoms with E-state index in [-0.39, 0.29) is 0 Å². The zero-order valence-corrected chi connectivity index (χ0v) is 13.5.